The average molecular weight is 304 g/mol. The molecule has 3 heterocycles. The van der Waals surface area contributed by atoms with E-state index in [0.717, 1.165) is 39.7 Å². The molecule has 3 rings (SSSR count). The van der Waals surface area contributed by atoms with Crippen LogP contribution in [0.2, 0.25) is 0 Å². The molecule has 104 valence electrons. The Morgan fingerprint density at radius 3 is 2.80 bits per heavy atom. The van der Waals surface area contributed by atoms with Crippen molar-refractivity contribution in [2.75, 3.05) is 11.9 Å². The normalized spacial score (nSPS) is 11.2. The predicted octanol–water partition coefficient (Wildman–Crippen LogP) is 3.73. The second-order valence-corrected chi connectivity index (χ2v) is 6.99. The van der Waals surface area contributed by atoms with Crippen LogP contribution in [-0.4, -0.2) is 21.5 Å². The zero-order valence-corrected chi connectivity index (χ0v) is 13.4. The number of aromatic nitrogens is 3. The van der Waals surface area contributed by atoms with Gasteiger partial charge in [-0.15, -0.1) is 22.7 Å². The fourth-order valence-electron chi connectivity index (χ4n) is 2.15. The number of anilines is 1. The number of aryl methyl sites for hydroxylation is 3. The van der Waals surface area contributed by atoms with E-state index in [9.17, 15) is 0 Å². The number of hydrogen-bond acceptors (Lipinski definition) is 6. The maximum atomic E-state index is 4.47. The molecule has 0 atom stereocenters. The molecular formula is C14H16N4S2. The van der Waals surface area contributed by atoms with Crippen molar-refractivity contribution in [2.45, 2.75) is 27.2 Å². The first-order valence-electron chi connectivity index (χ1n) is 6.50. The van der Waals surface area contributed by atoms with Crippen LogP contribution in [0.1, 0.15) is 21.1 Å². The molecular weight excluding hydrogens is 288 g/mol. The van der Waals surface area contributed by atoms with Gasteiger partial charge in [0.2, 0.25) is 0 Å². The summed E-state index contributed by atoms with van der Waals surface area (Å²) in [6.07, 6.45) is 2.55. The van der Waals surface area contributed by atoms with Crippen LogP contribution in [0.25, 0.3) is 10.2 Å². The summed E-state index contributed by atoms with van der Waals surface area (Å²) in [6.45, 7) is 7.13. The van der Waals surface area contributed by atoms with Crippen LogP contribution in [-0.2, 0) is 6.42 Å². The molecule has 1 N–H and O–H groups in total. The molecule has 0 aliphatic rings. The maximum absolute atomic E-state index is 4.47. The number of thiazole rings is 1. The van der Waals surface area contributed by atoms with Gasteiger partial charge in [-0.1, -0.05) is 0 Å². The van der Waals surface area contributed by atoms with Crippen molar-refractivity contribution < 1.29 is 0 Å². The Labute approximate surface area is 125 Å². The third-order valence-electron chi connectivity index (χ3n) is 3.31. The molecule has 0 bridgehead atoms. The fourth-order valence-corrected chi connectivity index (χ4v) is 3.79. The fraction of sp³-hybridized carbons (Fsp3) is 0.357. The third-order valence-corrected chi connectivity index (χ3v) is 5.24. The molecule has 0 spiro atoms. The van der Waals surface area contributed by atoms with Crippen molar-refractivity contribution in [2.24, 2.45) is 0 Å². The first-order valence-corrected chi connectivity index (χ1v) is 8.20. The summed E-state index contributed by atoms with van der Waals surface area (Å²) in [5.74, 6) is 0.934. The highest BCUT2D eigenvalue weighted by Crippen LogP contribution is 2.32. The SMILES string of the molecule is Cc1nc(CCNc2ncnc3sc(C)c(C)c23)cs1. The zero-order valence-electron chi connectivity index (χ0n) is 11.7. The quantitative estimate of drug-likeness (QED) is 0.798. The van der Waals surface area contributed by atoms with Gasteiger partial charge in [0.1, 0.15) is 17.0 Å². The first-order chi connectivity index (χ1) is 9.65. The van der Waals surface area contributed by atoms with Gasteiger partial charge in [0, 0.05) is 23.2 Å². The van der Waals surface area contributed by atoms with Crippen molar-refractivity contribution in [1.29, 1.82) is 0 Å². The lowest BCUT2D eigenvalue weighted by molar-refractivity contribution is 0.961. The lowest BCUT2D eigenvalue weighted by atomic mass is 10.2. The molecule has 0 saturated heterocycles. The first kappa shape index (κ1) is 13.5. The van der Waals surface area contributed by atoms with E-state index in [2.05, 4.69) is 39.5 Å². The Kier molecular flexibility index (Phi) is 3.67. The maximum Gasteiger partial charge on any atom is 0.138 e. The lowest BCUT2D eigenvalue weighted by Gasteiger charge is -2.06. The minimum Gasteiger partial charge on any atom is -0.369 e. The van der Waals surface area contributed by atoms with Crippen LogP contribution < -0.4 is 5.32 Å². The number of rotatable bonds is 4. The second-order valence-electron chi connectivity index (χ2n) is 4.72. The van der Waals surface area contributed by atoms with Crippen molar-refractivity contribution in [3.63, 3.8) is 0 Å². The molecule has 3 aromatic rings. The minimum absolute atomic E-state index is 0.837. The van der Waals surface area contributed by atoms with Crippen LogP contribution in [0.4, 0.5) is 5.82 Å². The molecule has 0 aromatic carbocycles. The van der Waals surface area contributed by atoms with Crippen molar-refractivity contribution in [3.8, 4) is 0 Å². The van der Waals surface area contributed by atoms with E-state index < -0.39 is 0 Å². The highest BCUT2D eigenvalue weighted by molar-refractivity contribution is 7.18. The Bertz CT molecular complexity index is 745. The van der Waals surface area contributed by atoms with Crippen LogP contribution in [0, 0.1) is 20.8 Å². The van der Waals surface area contributed by atoms with Gasteiger partial charge < -0.3 is 5.32 Å². The van der Waals surface area contributed by atoms with Gasteiger partial charge >= 0.3 is 0 Å². The third kappa shape index (κ3) is 2.53. The molecule has 4 nitrogen and oxygen atoms in total. The highest BCUT2D eigenvalue weighted by Gasteiger charge is 2.11. The van der Waals surface area contributed by atoms with Gasteiger partial charge in [-0.2, -0.15) is 0 Å². The smallest absolute Gasteiger partial charge is 0.138 e. The number of hydrogen-bond donors (Lipinski definition) is 1. The van der Waals surface area contributed by atoms with Gasteiger partial charge in [0.05, 0.1) is 16.1 Å². The van der Waals surface area contributed by atoms with E-state index >= 15 is 0 Å². The van der Waals surface area contributed by atoms with E-state index in [4.69, 9.17) is 0 Å². The zero-order chi connectivity index (χ0) is 14.1. The van der Waals surface area contributed by atoms with Crippen LogP contribution in [0.5, 0.6) is 0 Å². The number of nitrogens with zero attached hydrogens (tertiary/aromatic N) is 3. The number of fused-ring (bicyclic) bond motifs is 1. The molecule has 0 amide bonds. The minimum atomic E-state index is 0.837. The van der Waals surface area contributed by atoms with E-state index in [1.807, 2.05) is 6.92 Å². The summed E-state index contributed by atoms with van der Waals surface area (Å²) in [5, 5.41) is 7.81. The summed E-state index contributed by atoms with van der Waals surface area (Å²) in [6, 6.07) is 0. The molecule has 3 aromatic heterocycles. The summed E-state index contributed by atoms with van der Waals surface area (Å²) in [7, 11) is 0. The van der Waals surface area contributed by atoms with Gasteiger partial charge in [0.15, 0.2) is 0 Å². The van der Waals surface area contributed by atoms with Gasteiger partial charge in [0.25, 0.3) is 0 Å². The molecule has 0 aliphatic heterocycles. The summed E-state index contributed by atoms with van der Waals surface area (Å²) >= 11 is 3.42. The lowest BCUT2D eigenvalue weighted by Crippen LogP contribution is -2.07. The van der Waals surface area contributed by atoms with Gasteiger partial charge in [-0.05, 0) is 26.3 Å². The molecule has 20 heavy (non-hydrogen) atoms. The summed E-state index contributed by atoms with van der Waals surface area (Å²) in [4.78, 5) is 15.6. The van der Waals surface area contributed by atoms with Crippen molar-refractivity contribution >= 4 is 38.7 Å². The molecule has 0 saturated carbocycles. The molecule has 0 radical (unpaired) electrons. The Balaban J connectivity index is 1.77. The monoisotopic (exact) mass is 304 g/mol. The summed E-state index contributed by atoms with van der Waals surface area (Å²) in [5.41, 5.74) is 2.42. The molecule has 0 fully saturated rings. The van der Waals surface area contributed by atoms with Crippen molar-refractivity contribution in [3.05, 3.63) is 32.8 Å². The number of nitrogens with one attached hydrogen (secondary N) is 1. The average Bonchev–Trinajstić information content (AvgIpc) is 2.95. The van der Waals surface area contributed by atoms with Crippen molar-refractivity contribution in [1.82, 2.24) is 15.0 Å². The Morgan fingerprint density at radius 2 is 2.05 bits per heavy atom. The highest BCUT2D eigenvalue weighted by atomic mass is 32.1. The molecule has 6 heteroatoms. The predicted molar refractivity (Wildman–Crippen MR) is 85.9 cm³/mol. The molecule has 0 unspecified atom stereocenters. The van der Waals surface area contributed by atoms with E-state index in [1.54, 1.807) is 29.0 Å². The second kappa shape index (κ2) is 5.46. The Hall–Kier alpha value is -1.53. The van der Waals surface area contributed by atoms with Crippen LogP contribution >= 0.6 is 22.7 Å². The van der Waals surface area contributed by atoms with E-state index in [-0.39, 0.29) is 0 Å². The standard InChI is InChI=1S/C14H16N4S2/c1-8-9(2)20-14-12(8)13(16-7-17-14)15-5-4-11-6-19-10(3)18-11/h6-7H,4-5H2,1-3H3,(H,15,16,17). The number of thiophene rings is 1. The molecule has 0 aliphatic carbocycles. The van der Waals surface area contributed by atoms with E-state index in [0.29, 0.717) is 0 Å². The van der Waals surface area contributed by atoms with E-state index in [1.165, 1.54) is 10.4 Å². The topological polar surface area (TPSA) is 50.7 Å². The Morgan fingerprint density at radius 1 is 1.20 bits per heavy atom. The summed E-state index contributed by atoms with van der Waals surface area (Å²) < 4.78 is 0. The van der Waals surface area contributed by atoms with Crippen LogP contribution in [0.3, 0.4) is 0 Å². The van der Waals surface area contributed by atoms with Crippen LogP contribution in [0.15, 0.2) is 11.7 Å². The van der Waals surface area contributed by atoms with Gasteiger partial charge in [-0.3, -0.25) is 0 Å². The largest absolute Gasteiger partial charge is 0.369 e. The van der Waals surface area contributed by atoms with Gasteiger partial charge in [-0.25, -0.2) is 15.0 Å².